The van der Waals surface area contributed by atoms with Crippen LogP contribution in [-0.4, -0.2) is 76.8 Å². The molecule has 0 unspecified atom stereocenters. The number of ketones is 1. The van der Waals surface area contributed by atoms with Gasteiger partial charge in [-0.15, -0.1) is 0 Å². The zero-order valence-electron chi connectivity index (χ0n) is 20.8. The fourth-order valence-corrected chi connectivity index (χ4v) is 4.70. The lowest BCUT2D eigenvalue weighted by atomic mass is 9.66. The summed E-state index contributed by atoms with van der Waals surface area (Å²) in [5.41, 5.74) is 0.417. The van der Waals surface area contributed by atoms with Crippen molar-refractivity contribution in [3.8, 4) is 0 Å². The Morgan fingerprint density at radius 1 is 1.36 bits per heavy atom. The first-order valence-corrected chi connectivity index (χ1v) is 13.9. The molecular formula is C24H39N2O6Si. The van der Waals surface area contributed by atoms with Gasteiger partial charge in [0, 0.05) is 25.6 Å². The molecule has 4 atom stereocenters. The van der Waals surface area contributed by atoms with Crippen LogP contribution < -0.4 is 5.32 Å². The standard InChI is InChI=1S/C24H39N2O6Si/c1-8-10-31-23(29)26-9-11-30-14-17(26)12-16(2)20(27)13-19-21(22(28)25-19)18(24(3,4)5)15-32-33(6)7/h8,12,17-19,21H,1,9-11,13-15H2,2-7H3,(H,25,28)/t17-,18-,19-,21+/m1/s1. The molecule has 0 bridgehead atoms. The first kappa shape index (κ1) is 27.3. The molecule has 2 heterocycles. The third-order valence-electron chi connectivity index (χ3n) is 6.17. The number of morpholine rings is 1. The SMILES string of the molecule is C=CCOC(=O)N1CCOC[C@H]1C=C(C)C(=O)C[C@H]1NC(=O)[C@H]1[C@@H](CO[Si](C)C)C(C)(C)C. The van der Waals surface area contributed by atoms with Gasteiger partial charge in [0.05, 0.1) is 25.2 Å². The van der Waals surface area contributed by atoms with E-state index in [0.717, 1.165) is 0 Å². The summed E-state index contributed by atoms with van der Waals surface area (Å²) in [6.07, 6.45) is 3.04. The van der Waals surface area contributed by atoms with Crippen LogP contribution in [0.2, 0.25) is 13.1 Å². The largest absolute Gasteiger partial charge is 0.445 e. The molecule has 2 rings (SSSR count). The highest BCUT2D eigenvalue weighted by Crippen LogP contribution is 2.39. The van der Waals surface area contributed by atoms with Crippen molar-refractivity contribution in [2.75, 3.05) is 33.0 Å². The van der Waals surface area contributed by atoms with Crippen LogP contribution in [0.3, 0.4) is 0 Å². The van der Waals surface area contributed by atoms with Crippen molar-refractivity contribution in [1.29, 1.82) is 0 Å². The van der Waals surface area contributed by atoms with Gasteiger partial charge in [0.2, 0.25) is 14.9 Å². The van der Waals surface area contributed by atoms with Crippen LogP contribution in [0.5, 0.6) is 0 Å². The number of allylic oxidation sites excluding steroid dienone is 1. The molecule has 0 aliphatic carbocycles. The van der Waals surface area contributed by atoms with E-state index in [9.17, 15) is 14.4 Å². The van der Waals surface area contributed by atoms with E-state index < -0.39 is 15.1 Å². The van der Waals surface area contributed by atoms with E-state index >= 15 is 0 Å². The van der Waals surface area contributed by atoms with E-state index in [1.165, 1.54) is 6.08 Å². The van der Waals surface area contributed by atoms with E-state index in [-0.39, 0.29) is 54.1 Å². The number of nitrogens with zero attached hydrogens (tertiary/aromatic N) is 1. The summed E-state index contributed by atoms with van der Waals surface area (Å²) in [6.45, 7) is 17.5. The highest BCUT2D eigenvalue weighted by molar-refractivity contribution is 6.48. The monoisotopic (exact) mass is 479 g/mol. The number of amides is 2. The van der Waals surface area contributed by atoms with Crippen LogP contribution in [0.1, 0.15) is 34.1 Å². The number of hydrogen-bond acceptors (Lipinski definition) is 6. The highest BCUT2D eigenvalue weighted by Gasteiger charge is 2.49. The topological polar surface area (TPSA) is 94.2 Å². The Labute approximate surface area is 199 Å². The smallest absolute Gasteiger partial charge is 0.410 e. The number of rotatable bonds is 10. The summed E-state index contributed by atoms with van der Waals surface area (Å²) in [5, 5.41) is 2.92. The number of Topliss-reactive ketones (excluding diaryl/α,β-unsaturated/α-hetero) is 1. The van der Waals surface area contributed by atoms with Crippen molar-refractivity contribution in [3.63, 3.8) is 0 Å². The van der Waals surface area contributed by atoms with Gasteiger partial charge in [-0.25, -0.2) is 4.79 Å². The molecule has 33 heavy (non-hydrogen) atoms. The fourth-order valence-electron chi connectivity index (χ4n) is 4.19. The van der Waals surface area contributed by atoms with Crippen LogP contribution in [0, 0.1) is 17.3 Å². The third kappa shape index (κ3) is 7.51. The van der Waals surface area contributed by atoms with Gasteiger partial charge >= 0.3 is 6.09 Å². The normalized spacial score (nSPS) is 24.7. The maximum Gasteiger partial charge on any atom is 0.410 e. The minimum Gasteiger partial charge on any atom is -0.445 e. The Hall–Kier alpha value is -1.97. The van der Waals surface area contributed by atoms with Gasteiger partial charge in [-0.1, -0.05) is 39.5 Å². The van der Waals surface area contributed by atoms with Gasteiger partial charge in [0.15, 0.2) is 5.78 Å². The van der Waals surface area contributed by atoms with Gasteiger partial charge in [0.1, 0.15) is 6.61 Å². The summed E-state index contributed by atoms with van der Waals surface area (Å²) < 4.78 is 16.6. The first-order chi connectivity index (χ1) is 15.5. The number of carbonyl (C=O) groups is 3. The molecule has 2 saturated heterocycles. The number of hydrogen-bond donors (Lipinski definition) is 1. The second-order valence-corrected chi connectivity index (χ2v) is 12.1. The minimum atomic E-state index is -0.878. The molecule has 1 radical (unpaired) electrons. The number of carbonyl (C=O) groups excluding carboxylic acids is 3. The Balaban J connectivity index is 2.07. The Bertz CT molecular complexity index is 761. The van der Waals surface area contributed by atoms with Crippen molar-refractivity contribution >= 4 is 26.8 Å². The zero-order valence-corrected chi connectivity index (χ0v) is 21.8. The van der Waals surface area contributed by atoms with E-state index in [1.54, 1.807) is 17.9 Å². The summed E-state index contributed by atoms with van der Waals surface area (Å²) in [7, 11) is -0.878. The molecule has 0 spiro atoms. The molecule has 2 aliphatic rings. The van der Waals surface area contributed by atoms with Crippen molar-refractivity contribution in [3.05, 3.63) is 24.3 Å². The van der Waals surface area contributed by atoms with Crippen LogP contribution in [0.4, 0.5) is 4.79 Å². The maximum atomic E-state index is 13.0. The Kier molecular flexibility index (Phi) is 9.87. The quantitative estimate of drug-likeness (QED) is 0.224. The Morgan fingerprint density at radius 2 is 2.06 bits per heavy atom. The summed E-state index contributed by atoms with van der Waals surface area (Å²) in [5.74, 6) is -0.309. The van der Waals surface area contributed by atoms with Gasteiger partial charge in [0.25, 0.3) is 0 Å². The van der Waals surface area contributed by atoms with E-state index in [0.29, 0.717) is 31.9 Å². The van der Waals surface area contributed by atoms with Crippen LogP contribution in [0.15, 0.2) is 24.3 Å². The molecular weight excluding hydrogens is 440 g/mol. The maximum absolute atomic E-state index is 13.0. The van der Waals surface area contributed by atoms with Gasteiger partial charge in [-0.3, -0.25) is 14.5 Å². The lowest BCUT2D eigenvalue weighted by Gasteiger charge is -2.46. The molecule has 0 saturated carbocycles. The minimum absolute atomic E-state index is 0.0178. The van der Waals surface area contributed by atoms with Crippen LogP contribution in [0.25, 0.3) is 0 Å². The molecule has 0 aromatic rings. The molecule has 1 N–H and O–H groups in total. The van der Waals surface area contributed by atoms with E-state index in [4.69, 9.17) is 13.9 Å². The second kappa shape index (κ2) is 11.9. The van der Waals surface area contributed by atoms with Gasteiger partial charge in [-0.05, 0) is 36.9 Å². The first-order valence-electron chi connectivity index (χ1n) is 11.5. The van der Waals surface area contributed by atoms with Crippen molar-refractivity contribution in [2.45, 2.75) is 59.3 Å². The molecule has 8 nitrogen and oxygen atoms in total. The zero-order chi connectivity index (χ0) is 24.8. The fraction of sp³-hybridized carbons (Fsp3) is 0.708. The predicted molar refractivity (Wildman–Crippen MR) is 128 cm³/mol. The van der Waals surface area contributed by atoms with Gasteiger partial charge in [-0.2, -0.15) is 0 Å². The average Bonchev–Trinajstić information content (AvgIpc) is 2.73. The summed E-state index contributed by atoms with van der Waals surface area (Å²) in [6, 6.07) is -0.598. The molecule has 2 amide bonds. The second-order valence-electron chi connectivity index (χ2n) is 10.0. The van der Waals surface area contributed by atoms with Crippen LogP contribution >= 0.6 is 0 Å². The lowest BCUT2D eigenvalue weighted by Crippen LogP contribution is -2.63. The van der Waals surface area contributed by atoms with E-state index in [1.807, 2.05) is 0 Å². The van der Waals surface area contributed by atoms with Crippen molar-refractivity contribution < 1.29 is 28.3 Å². The van der Waals surface area contributed by atoms with Crippen molar-refractivity contribution in [1.82, 2.24) is 10.2 Å². The number of β-lactam (4-membered cyclic amide) rings is 1. The lowest BCUT2D eigenvalue weighted by molar-refractivity contribution is -0.143. The third-order valence-corrected chi connectivity index (χ3v) is 6.92. The molecule has 0 aromatic heterocycles. The average molecular weight is 480 g/mol. The van der Waals surface area contributed by atoms with E-state index in [2.05, 4.69) is 45.8 Å². The highest BCUT2D eigenvalue weighted by atomic mass is 28.3. The molecule has 185 valence electrons. The summed E-state index contributed by atoms with van der Waals surface area (Å²) in [4.78, 5) is 39.4. The summed E-state index contributed by atoms with van der Waals surface area (Å²) >= 11 is 0. The van der Waals surface area contributed by atoms with Crippen LogP contribution in [-0.2, 0) is 23.5 Å². The molecule has 9 heteroatoms. The molecule has 2 aliphatic heterocycles. The predicted octanol–water partition coefficient (Wildman–Crippen LogP) is 2.96. The molecule has 0 aromatic carbocycles. The number of nitrogens with one attached hydrogen (secondary N) is 1. The molecule has 2 fully saturated rings. The number of ether oxygens (including phenoxy) is 2. The Morgan fingerprint density at radius 3 is 2.64 bits per heavy atom. The van der Waals surface area contributed by atoms with Crippen molar-refractivity contribution in [2.24, 2.45) is 17.3 Å². The van der Waals surface area contributed by atoms with Gasteiger partial charge < -0.3 is 19.2 Å².